The van der Waals surface area contributed by atoms with Crippen LogP contribution in [0.2, 0.25) is 0 Å². The number of benzene rings is 1. The molecule has 0 saturated heterocycles. The molecule has 1 rings (SSSR count). The summed E-state index contributed by atoms with van der Waals surface area (Å²) in [7, 11) is -3.08. The van der Waals surface area contributed by atoms with Crippen LogP contribution in [0.15, 0.2) is 30.3 Å². The fraction of sp³-hybridized carbons (Fsp3) is 0.571. The van der Waals surface area contributed by atoms with Crippen molar-refractivity contribution in [2.45, 2.75) is 39.0 Å². The highest BCUT2D eigenvalue weighted by molar-refractivity contribution is 7.89. The van der Waals surface area contributed by atoms with Crippen LogP contribution < -0.4 is 4.72 Å². The Labute approximate surface area is 111 Å². The molecule has 0 fully saturated rings. The highest BCUT2D eigenvalue weighted by Crippen LogP contribution is 2.03. The van der Waals surface area contributed by atoms with Crippen LogP contribution in [0.1, 0.15) is 38.2 Å². The Morgan fingerprint density at radius 2 is 1.78 bits per heavy atom. The van der Waals surface area contributed by atoms with E-state index in [1.54, 1.807) is 0 Å². The molecule has 0 amide bonds. The minimum absolute atomic E-state index is 0.216. The van der Waals surface area contributed by atoms with Gasteiger partial charge < -0.3 is 0 Å². The number of nitrogens with one attached hydrogen (secondary N) is 1. The highest BCUT2D eigenvalue weighted by Gasteiger charge is 2.08. The molecule has 0 aliphatic heterocycles. The van der Waals surface area contributed by atoms with Crippen LogP contribution in [0, 0.1) is 0 Å². The zero-order chi connectivity index (χ0) is 13.3. The normalized spacial score (nSPS) is 11.6. The van der Waals surface area contributed by atoms with Crippen LogP contribution in [0.3, 0.4) is 0 Å². The van der Waals surface area contributed by atoms with Crippen molar-refractivity contribution in [2.24, 2.45) is 0 Å². The summed E-state index contributed by atoms with van der Waals surface area (Å²) in [5.41, 5.74) is 1.19. The molecule has 0 bridgehead atoms. The fourth-order valence-electron chi connectivity index (χ4n) is 1.79. The third kappa shape index (κ3) is 6.77. The zero-order valence-electron chi connectivity index (χ0n) is 11.1. The first-order valence-corrected chi connectivity index (χ1v) is 8.30. The first kappa shape index (κ1) is 15.2. The topological polar surface area (TPSA) is 46.2 Å². The van der Waals surface area contributed by atoms with Gasteiger partial charge in [-0.3, -0.25) is 0 Å². The maximum Gasteiger partial charge on any atom is 0.211 e. The molecule has 1 N–H and O–H groups in total. The lowest BCUT2D eigenvalue weighted by Crippen LogP contribution is -2.27. The van der Waals surface area contributed by atoms with Gasteiger partial charge in [0.1, 0.15) is 0 Å². The third-order valence-corrected chi connectivity index (χ3v) is 4.29. The van der Waals surface area contributed by atoms with Crippen molar-refractivity contribution < 1.29 is 8.42 Å². The van der Waals surface area contributed by atoms with E-state index in [9.17, 15) is 8.42 Å². The Bertz CT molecular complexity index is 415. The van der Waals surface area contributed by atoms with Crippen LogP contribution in [0.25, 0.3) is 0 Å². The lowest BCUT2D eigenvalue weighted by molar-refractivity contribution is 0.573. The van der Waals surface area contributed by atoms with Crippen molar-refractivity contribution in [3.8, 4) is 0 Å². The first-order chi connectivity index (χ1) is 8.64. The van der Waals surface area contributed by atoms with Crippen molar-refractivity contribution in [2.75, 3.05) is 12.3 Å². The molecule has 1 aromatic carbocycles. The largest absolute Gasteiger partial charge is 0.215 e. The van der Waals surface area contributed by atoms with Gasteiger partial charge in [-0.05, 0) is 24.8 Å². The molecular formula is C14H23NO2S. The monoisotopic (exact) mass is 269 g/mol. The summed E-state index contributed by atoms with van der Waals surface area (Å²) >= 11 is 0. The summed E-state index contributed by atoms with van der Waals surface area (Å²) in [5, 5.41) is 0. The summed E-state index contributed by atoms with van der Waals surface area (Å²) in [5.74, 6) is 0.216. The molecule has 18 heavy (non-hydrogen) atoms. The molecule has 0 aliphatic carbocycles. The molecule has 3 nitrogen and oxygen atoms in total. The number of hydrogen-bond acceptors (Lipinski definition) is 2. The number of sulfonamides is 1. The SMILES string of the molecule is CCCCCNS(=O)(=O)CCCc1ccccc1. The van der Waals surface area contributed by atoms with Crippen LogP contribution in [0.5, 0.6) is 0 Å². The molecule has 102 valence electrons. The van der Waals surface area contributed by atoms with Gasteiger partial charge in [-0.1, -0.05) is 50.1 Å². The lowest BCUT2D eigenvalue weighted by atomic mass is 10.1. The van der Waals surface area contributed by atoms with Gasteiger partial charge in [0.25, 0.3) is 0 Å². The van der Waals surface area contributed by atoms with Gasteiger partial charge in [0, 0.05) is 6.54 Å². The van der Waals surface area contributed by atoms with Gasteiger partial charge in [0.05, 0.1) is 5.75 Å². The van der Waals surface area contributed by atoms with E-state index in [0.717, 1.165) is 25.7 Å². The molecule has 1 aromatic rings. The van der Waals surface area contributed by atoms with Crippen molar-refractivity contribution in [1.82, 2.24) is 4.72 Å². The van der Waals surface area contributed by atoms with Crippen LogP contribution in [0.4, 0.5) is 0 Å². The van der Waals surface area contributed by atoms with Gasteiger partial charge >= 0.3 is 0 Å². The van der Waals surface area contributed by atoms with Gasteiger partial charge in [0.15, 0.2) is 0 Å². The smallest absolute Gasteiger partial charge is 0.211 e. The van der Waals surface area contributed by atoms with E-state index in [0.29, 0.717) is 13.0 Å². The van der Waals surface area contributed by atoms with E-state index in [2.05, 4.69) is 11.6 Å². The van der Waals surface area contributed by atoms with Crippen molar-refractivity contribution in [1.29, 1.82) is 0 Å². The van der Waals surface area contributed by atoms with Crippen LogP contribution >= 0.6 is 0 Å². The van der Waals surface area contributed by atoms with E-state index < -0.39 is 10.0 Å². The minimum Gasteiger partial charge on any atom is -0.215 e. The van der Waals surface area contributed by atoms with Gasteiger partial charge in [-0.2, -0.15) is 0 Å². The lowest BCUT2D eigenvalue weighted by Gasteiger charge is -2.06. The standard InChI is InChI=1S/C14H23NO2S/c1-2-3-7-12-15-18(16,17)13-8-11-14-9-5-4-6-10-14/h4-6,9-10,15H,2-3,7-8,11-13H2,1H3. The maximum atomic E-state index is 11.7. The summed E-state index contributed by atoms with van der Waals surface area (Å²) in [6, 6.07) is 9.98. The van der Waals surface area contributed by atoms with E-state index in [4.69, 9.17) is 0 Å². The average molecular weight is 269 g/mol. The molecule has 0 aliphatic rings. The third-order valence-electron chi connectivity index (χ3n) is 2.82. The van der Waals surface area contributed by atoms with Crippen molar-refractivity contribution in [3.63, 3.8) is 0 Å². The fourth-order valence-corrected chi connectivity index (χ4v) is 2.91. The summed E-state index contributed by atoms with van der Waals surface area (Å²) < 4.78 is 26.0. The van der Waals surface area contributed by atoms with E-state index in [1.165, 1.54) is 5.56 Å². The van der Waals surface area contributed by atoms with E-state index in [-0.39, 0.29) is 5.75 Å². The number of aryl methyl sites for hydroxylation is 1. The Morgan fingerprint density at radius 1 is 1.06 bits per heavy atom. The van der Waals surface area contributed by atoms with Crippen molar-refractivity contribution >= 4 is 10.0 Å². The number of rotatable bonds is 9. The number of unbranched alkanes of at least 4 members (excludes halogenated alkanes) is 2. The maximum absolute atomic E-state index is 11.7. The minimum atomic E-state index is -3.08. The average Bonchev–Trinajstić information content (AvgIpc) is 2.36. The summed E-state index contributed by atoms with van der Waals surface area (Å²) in [4.78, 5) is 0. The quantitative estimate of drug-likeness (QED) is 0.701. The Kier molecular flexibility index (Phi) is 6.98. The number of hydrogen-bond donors (Lipinski definition) is 1. The van der Waals surface area contributed by atoms with Gasteiger partial charge in [-0.15, -0.1) is 0 Å². The molecule has 0 aromatic heterocycles. The first-order valence-electron chi connectivity index (χ1n) is 6.65. The molecular weight excluding hydrogens is 246 g/mol. The molecule has 0 heterocycles. The molecule has 0 radical (unpaired) electrons. The molecule has 0 unspecified atom stereocenters. The van der Waals surface area contributed by atoms with Crippen LogP contribution in [-0.2, 0) is 16.4 Å². The van der Waals surface area contributed by atoms with Crippen LogP contribution in [-0.4, -0.2) is 20.7 Å². The Hall–Kier alpha value is -0.870. The Balaban J connectivity index is 2.21. The Morgan fingerprint density at radius 3 is 2.44 bits per heavy atom. The predicted octanol–water partition coefficient (Wildman–Crippen LogP) is 2.73. The molecule has 0 saturated carbocycles. The van der Waals surface area contributed by atoms with E-state index >= 15 is 0 Å². The molecule has 4 heteroatoms. The van der Waals surface area contributed by atoms with Crippen molar-refractivity contribution in [3.05, 3.63) is 35.9 Å². The molecule has 0 atom stereocenters. The van der Waals surface area contributed by atoms with E-state index in [1.807, 2.05) is 30.3 Å². The second-order valence-corrected chi connectivity index (χ2v) is 6.44. The predicted molar refractivity (Wildman–Crippen MR) is 76.1 cm³/mol. The second-order valence-electron chi connectivity index (χ2n) is 4.51. The highest BCUT2D eigenvalue weighted by atomic mass is 32.2. The second kappa shape index (κ2) is 8.27. The summed E-state index contributed by atoms with van der Waals surface area (Å²) in [6.45, 7) is 2.68. The zero-order valence-corrected chi connectivity index (χ0v) is 11.9. The summed E-state index contributed by atoms with van der Waals surface area (Å²) in [6.07, 6.45) is 4.60. The van der Waals surface area contributed by atoms with Gasteiger partial charge in [-0.25, -0.2) is 13.1 Å². The molecule has 0 spiro atoms. The van der Waals surface area contributed by atoms with Gasteiger partial charge in [0.2, 0.25) is 10.0 Å².